The van der Waals surface area contributed by atoms with Crippen molar-refractivity contribution in [2.75, 3.05) is 0 Å². The standard InChI is InChI=1S/C20H25BPS2Si2/c1-25(2,3)17-12-15-19(23-17)20-16(13-18(24-20)26(4,5)6)22(15,21)14-10-8-7-9-11-14/h7-13H,1-6H3/q+1. The molecular weight excluding hydrogens is 402 g/mol. The smallest absolute Gasteiger partial charge is 0.140 e. The maximum atomic E-state index is 7.37. The van der Waals surface area contributed by atoms with E-state index in [-0.39, 0.29) is 0 Å². The fraction of sp³-hybridized carbons (Fsp3) is 0.300. The molecule has 0 nitrogen and oxygen atoms in total. The average molecular weight is 428 g/mol. The van der Waals surface area contributed by atoms with Gasteiger partial charge >= 0.3 is 7.57 Å². The molecule has 1 aliphatic rings. The zero-order valence-corrected chi connectivity index (χ0v) is 20.9. The highest BCUT2D eigenvalue weighted by atomic mass is 32.1. The summed E-state index contributed by atoms with van der Waals surface area (Å²) in [5.74, 6) is 0. The fourth-order valence-corrected chi connectivity index (χ4v) is 14.1. The molecule has 0 aliphatic carbocycles. The van der Waals surface area contributed by atoms with Crippen molar-refractivity contribution in [3.8, 4) is 9.75 Å². The Morgan fingerprint density at radius 1 is 0.731 bits per heavy atom. The van der Waals surface area contributed by atoms with Crippen LogP contribution in [0.2, 0.25) is 39.3 Å². The van der Waals surface area contributed by atoms with E-state index in [0.717, 1.165) is 0 Å². The van der Waals surface area contributed by atoms with Gasteiger partial charge in [0.2, 0.25) is 0 Å². The lowest BCUT2D eigenvalue weighted by atomic mass is 10.4. The second kappa shape index (κ2) is 6.02. The molecule has 0 unspecified atom stereocenters. The van der Waals surface area contributed by atoms with Crippen molar-refractivity contribution in [1.29, 1.82) is 0 Å². The first kappa shape index (κ1) is 18.9. The van der Waals surface area contributed by atoms with E-state index in [1.165, 1.54) is 25.7 Å². The van der Waals surface area contributed by atoms with Crippen LogP contribution in [-0.2, 0) is 0 Å². The topological polar surface area (TPSA) is 0 Å². The number of hydrogen-bond acceptors (Lipinski definition) is 2. The summed E-state index contributed by atoms with van der Waals surface area (Å²) >= 11 is 4.06. The van der Waals surface area contributed by atoms with Crippen LogP contribution in [0.15, 0.2) is 42.5 Å². The second-order valence-corrected chi connectivity index (χ2v) is 25.0. The van der Waals surface area contributed by atoms with Gasteiger partial charge in [0.1, 0.15) is 10.6 Å². The number of fused-ring (bicyclic) bond motifs is 3. The number of rotatable bonds is 3. The van der Waals surface area contributed by atoms with Crippen molar-refractivity contribution in [2.24, 2.45) is 0 Å². The van der Waals surface area contributed by atoms with Crippen molar-refractivity contribution >= 4 is 78.4 Å². The molecule has 26 heavy (non-hydrogen) atoms. The van der Waals surface area contributed by atoms with Gasteiger partial charge in [-0.25, -0.2) is 0 Å². The van der Waals surface area contributed by atoms with Crippen molar-refractivity contribution in [2.45, 2.75) is 39.3 Å². The van der Waals surface area contributed by atoms with Crippen molar-refractivity contribution in [3.05, 3.63) is 42.5 Å². The molecule has 1 aliphatic heterocycles. The molecule has 2 radical (unpaired) electrons. The first-order valence-corrected chi connectivity index (χ1v) is 19.6. The van der Waals surface area contributed by atoms with Crippen molar-refractivity contribution in [1.82, 2.24) is 0 Å². The van der Waals surface area contributed by atoms with Crippen LogP contribution in [-0.4, -0.2) is 23.7 Å². The largest absolute Gasteiger partial charge is 0.383 e. The third-order valence-electron chi connectivity index (χ3n) is 5.03. The number of hydrogen-bond donors (Lipinski definition) is 0. The van der Waals surface area contributed by atoms with Crippen LogP contribution in [0.25, 0.3) is 9.75 Å². The lowest BCUT2D eigenvalue weighted by Crippen LogP contribution is -2.37. The molecule has 0 fully saturated rings. The van der Waals surface area contributed by atoms with E-state index in [2.05, 4.69) is 81.7 Å². The van der Waals surface area contributed by atoms with E-state index in [4.69, 9.17) is 7.57 Å². The third-order valence-corrected chi connectivity index (χ3v) is 18.3. The zero-order chi connectivity index (χ0) is 18.9. The van der Waals surface area contributed by atoms with Gasteiger partial charge in [0.05, 0.1) is 38.3 Å². The highest BCUT2D eigenvalue weighted by Gasteiger charge is 2.52. The molecular formula is C20H25BPS2Si2+. The monoisotopic (exact) mass is 427 g/mol. The summed E-state index contributed by atoms with van der Waals surface area (Å²) in [6.07, 6.45) is 0. The predicted octanol–water partition coefficient (Wildman–Crippen LogP) is 4.26. The van der Waals surface area contributed by atoms with Gasteiger partial charge in [0.15, 0.2) is 0 Å². The molecule has 2 aromatic heterocycles. The van der Waals surface area contributed by atoms with Crippen LogP contribution in [0, 0.1) is 0 Å². The minimum absolute atomic E-state index is 1.32. The van der Waals surface area contributed by atoms with Gasteiger partial charge in [0.25, 0.3) is 0 Å². The van der Waals surface area contributed by atoms with Gasteiger partial charge in [-0.2, -0.15) is 0 Å². The minimum Gasteiger partial charge on any atom is -0.140 e. The van der Waals surface area contributed by atoms with Crippen LogP contribution in [0.1, 0.15) is 0 Å². The normalized spacial score (nSPS) is 15.8. The van der Waals surface area contributed by atoms with Gasteiger partial charge < -0.3 is 0 Å². The Labute approximate surface area is 169 Å². The molecule has 4 rings (SSSR count). The summed E-state index contributed by atoms with van der Waals surface area (Å²) in [5, 5.41) is 4.20. The lowest BCUT2D eigenvalue weighted by molar-refractivity contribution is 1.77. The quantitative estimate of drug-likeness (QED) is 0.433. The van der Waals surface area contributed by atoms with Gasteiger partial charge in [-0.05, 0) is 33.3 Å². The van der Waals surface area contributed by atoms with Crippen LogP contribution >= 0.6 is 29.8 Å². The Morgan fingerprint density at radius 3 is 1.54 bits per heavy atom. The molecule has 0 bridgehead atoms. The van der Waals surface area contributed by atoms with E-state index in [1.807, 2.05) is 22.7 Å². The minimum atomic E-state index is -1.98. The van der Waals surface area contributed by atoms with Crippen LogP contribution in [0.4, 0.5) is 0 Å². The van der Waals surface area contributed by atoms with Crippen LogP contribution in [0.3, 0.4) is 0 Å². The molecule has 0 saturated heterocycles. The summed E-state index contributed by atoms with van der Waals surface area (Å²) in [6, 6.07) is 15.8. The van der Waals surface area contributed by atoms with Crippen molar-refractivity contribution < 1.29 is 0 Å². The number of benzene rings is 1. The zero-order valence-electron chi connectivity index (χ0n) is 16.4. The Bertz CT molecular complexity index is 919. The molecule has 3 heterocycles. The maximum absolute atomic E-state index is 7.37. The highest BCUT2D eigenvalue weighted by molar-refractivity contribution is 8.14. The summed E-state index contributed by atoms with van der Waals surface area (Å²) in [7, 11) is 2.69. The number of thiophene rings is 2. The van der Waals surface area contributed by atoms with Crippen LogP contribution < -0.4 is 24.9 Å². The molecule has 132 valence electrons. The Morgan fingerprint density at radius 2 is 1.15 bits per heavy atom. The molecule has 3 aromatic rings. The second-order valence-electron chi connectivity index (χ2n) is 9.21. The Kier molecular flexibility index (Phi) is 4.37. The molecule has 1 aromatic carbocycles. The summed E-state index contributed by atoms with van der Waals surface area (Å²) in [5.41, 5.74) is 0. The average Bonchev–Trinajstić information content (AvgIpc) is 3.21. The Hall–Kier alpha value is -0.451. The first-order chi connectivity index (χ1) is 12.0. The fourth-order valence-electron chi connectivity index (χ4n) is 3.42. The van der Waals surface area contributed by atoms with E-state index < -0.39 is 23.3 Å². The molecule has 6 heteroatoms. The highest BCUT2D eigenvalue weighted by Crippen LogP contribution is 2.60. The molecule has 0 N–H and O–H groups in total. The van der Waals surface area contributed by atoms with E-state index in [0.29, 0.717) is 0 Å². The summed E-state index contributed by atoms with van der Waals surface area (Å²) < 4.78 is 3.17. The van der Waals surface area contributed by atoms with E-state index in [9.17, 15) is 0 Å². The van der Waals surface area contributed by atoms with Gasteiger partial charge in [0, 0.05) is 0 Å². The Balaban J connectivity index is 2.02. The molecule has 0 atom stereocenters. The maximum Gasteiger partial charge on any atom is 0.383 e. The van der Waals surface area contributed by atoms with Gasteiger partial charge in [-0.1, -0.05) is 57.5 Å². The molecule has 0 amide bonds. The molecule has 0 spiro atoms. The van der Waals surface area contributed by atoms with Crippen LogP contribution in [0.5, 0.6) is 0 Å². The van der Waals surface area contributed by atoms with Gasteiger partial charge in [-0.3, -0.25) is 0 Å². The molecule has 0 saturated carbocycles. The third kappa shape index (κ3) is 2.79. The summed E-state index contributed by atoms with van der Waals surface area (Å²) in [6.45, 7) is 14.6. The summed E-state index contributed by atoms with van der Waals surface area (Å²) in [4.78, 5) is 2.96. The van der Waals surface area contributed by atoms with Gasteiger partial charge in [-0.15, -0.1) is 22.7 Å². The van der Waals surface area contributed by atoms with Crippen molar-refractivity contribution in [3.63, 3.8) is 0 Å². The van der Waals surface area contributed by atoms with E-state index >= 15 is 0 Å². The lowest BCUT2D eigenvalue weighted by Gasteiger charge is -2.19. The predicted molar refractivity (Wildman–Crippen MR) is 132 cm³/mol. The first-order valence-electron chi connectivity index (χ1n) is 9.06. The van der Waals surface area contributed by atoms with E-state index in [1.54, 1.807) is 9.00 Å². The SMILES string of the molecule is [B][P+]1(c2ccccc2)c2cc([Si](C)(C)C)sc2-c2sc([Si](C)(C)C)cc21.